The number of nitro benzene ring substituents is 1. The van der Waals surface area contributed by atoms with Crippen LogP contribution in [0.2, 0.25) is 0 Å². The zero-order valence-corrected chi connectivity index (χ0v) is 10.7. The molecule has 0 radical (unpaired) electrons. The summed E-state index contributed by atoms with van der Waals surface area (Å²) in [5, 5.41) is 22.4. The number of nitrogen functional groups attached to an aromatic ring is 1. The third kappa shape index (κ3) is 2.96. The van der Waals surface area contributed by atoms with Crippen LogP contribution in [-0.4, -0.2) is 10.8 Å². The predicted molar refractivity (Wildman–Crippen MR) is 76.6 cm³/mol. The van der Waals surface area contributed by atoms with E-state index in [1.54, 1.807) is 12.1 Å². The number of anilines is 2. The molecule has 0 heterocycles. The first kappa shape index (κ1) is 14.0. The van der Waals surface area contributed by atoms with E-state index in [9.17, 15) is 14.9 Å². The van der Waals surface area contributed by atoms with Crippen LogP contribution in [0.15, 0.2) is 42.5 Å². The van der Waals surface area contributed by atoms with E-state index in [1.165, 1.54) is 30.3 Å². The molecule has 0 bridgehead atoms. The number of benzene rings is 2. The number of nitro groups is 1. The highest BCUT2D eigenvalue weighted by Crippen LogP contribution is 2.23. The van der Waals surface area contributed by atoms with Gasteiger partial charge in [-0.2, -0.15) is 5.26 Å². The van der Waals surface area contributed by atoms with E-state index in [-0.39, 0.29) is 28.2 Å². The Labute approximate surface area is 119 Å². The Balaban J connectivity index is 2.39. The molecule has 7 heteroatoms. The molecule has 2 aromatic rings. The standard InChI is InChI=1S/C14H10N4O3/c15-8-9-3-1-2-4-12(9)17-14(19)11-7-10(16)5-6-13(11)18(20)21/h1-7H,16H2,(H,17,19). The van der Waals surface area contributed by atoms with Crippen LogP contribution in [0.3, 0.4) is 0 Å². The molecule has 2 aromatic carbocycles. The Kier molecular flexibility index (Phi) is 3.81. The van der Waals surface area contributed by atoms with Gasteiger partial charge in [-0.15, -0.1) is 0 Å². The molecule has 3 N–H and O–H groups in total. The number of carbonyl (C=O) groups is 1. The Morgan fingerprint density at radius 1 is 1.29 bits per heavy atom. The van der Waals surface area contributed by atoms with Crippen molar-refractivity contribution in [1.29, 1.82) is 5.26 Å². The van der Waals surface area contributed by atoms with Gasteiger partial charge in [-0.05, 0) is 24.3 Å². The molecule has 0 saturated carbocycles. The number of hydrogen-bond donors (Lipinski definition) is 2. The second kappa shape index (κ2) is 5.71. The monoisotopic (exact) mass is 282 g/mol. The number of carbonyl (C=O) groups excluding carboxylic acids is 1. The van der Waals surface area contributed by atoms with Crippen molar-refractivity contribution < 1.29 is 9.72 Å². The summed E-state index contributed by atoms with van der Waals surface area (Å²) in [6.07, 6.45) is 0. The number of nitrogens with two attached hydrogens (primary N) is 1. The van der Waals surface area contributed by atoms with Crippen LogP contribution in [0.1, 0.15) is 15.9 Å². The smallest absolute Gasteiger partial charge is 0.282 e. The molecule has 0 atom stereocenters. The van der Waals surface area contributed by atoms with Crippen LogP contribution in [-0.2, 0) is 0 Å². The van der Waals surface area contributed by atoms with Gasteiger partial charge >= 0.3 is 0 Å². The molecule has 0 aliphatic carbocycles. The molecule has 0 saturated heterocycles. The minimum atomic E-state index is -0.697. The summed E-state index contributed by atoms with van der Waals surface area (Å²) in [7, 11) is 0. The molecule has 0 unspecified atom stereocenters. The topological polar surface area (TPSA) is 122 Å². The summed E-state index contributed by atoms with van der Waals surface area (Å²) in [5.74, 6) is -0.697. The Bertz CT molecular complexity index is 765. The molecular weight excluding hydrogens is 272 g/mol. The number of hydrogen-bond acceptors (Lipinski definition) is 5. The minimum Gasteiger partial charge on any atom is -0.399 e. The number of rotatable bonds is 3. The highest BCUT2D eigenvalue weighted by Gasteiger charge is 2.21. The zero-order valence-electron chi connectivity index (χ0n) is 10.7. The molecule has 2 rings (SSSR count). The van der Waals surface area contributed by atoms with Gasteiger partial charge in [-0.3, -0.25) is 14.9 Å². The van der Waals surface area contributed by atoms with E-state index in [0.717, 1.165) is 0 Å². The summed E-state index contributed by atoms with van der Waals surface area (Å²) in [4.78, 5) is 22.5. The Hall–Kier alpha value is -3.40. The fourth-order valence-electron chi connectivity index (χ4n) is 1.77. The average molecular weight is 282 g/mol. The molecule has 0 aromatic heterocycles. The van der Waals surface area contributed by atoms with E-state index in [0.29, 0.717) is 0 Å². The summed E-state index contributed by atoms with van der Waals surface area (Å²) in [5.41, 5.74) is 5.83. The molecule has 0 aliphatic heterocycles. The van der Waals surface area contributed by atoms with E-state index in [2.05, 4.69) is 5.32 Å². The van der Waals surface area contributed by atoms with Crippen molar-refractivity contribution in [2.24, 2.45) is 0 Å². The molecule has 0 fully saturated rings. The molecule has 21 heavy (non-hydrogen) atoms. The van der Waals surface area contributed by atoms with Gasteiger partial charge in [0.1, 0.15) is 11.6 Å². The highest BCUT2D eigenvalue weighted by atomic mass is 16.6. The van der Waals surface area contributed by atoms with Crippen molar-refractivity contribution in [1.82, 2.24) is 0 Å². The number of nitrogens with one attached hydrogen (secondary N) is 1. The third-order valence-corrected chi connectivity index (χ3v) is 2.76. The van der Waals surface area contributed by atoms with E-state index >= 15 is 0 Å². The van der Waals surface area contributed by atoms with Crippen LogP contribution in [0.4, 0.5) is 17.1 Å². The quantitative estimate of drug-likeness (QED) is 0.508. The van der Waals surface area contributed by atoms with Gasteiger partial charge in [0.05, 0.1) is 16.2 Å². The predicted octanol–water partition coefficient (Wildman–Crippen LogP) is 2.30. The first-order valence-electron chi connectivity index (χ1n) is 5.87. The van der Waals surface area contributed by atoms with Crippen molar-refractivity contribution in [3.63, 3.8) is 0 Å². The first-order chi connectivity index (χ1) is 10.0. The lowest BCUT2D eigenvalue weighted by Crippen LogP contribution is -2.15. The second-order valence-electron chi connectivity index (χ2n) is 4.15. The first-order valence-corrected chi connectivity index (χ1v) is 5.87. The van der Waals surface area contributed by atoms with Gasteiger partial charge in [0.2, 0.25) is 0 Å². The van der Waals surface area contributed by atoms with Gasteiger partial charge in [-0.1, -0.05) is 12.1 Å². The summed E-state index contributed by atoms with van der Waals surface area (Å²) in [6, 6.07) is 12.0. The SMILES string of the molecule is N#Cc1ccccc1NC(=O)c1cc(N)ccc1[N+](=O)[O-]. The van der Waals surface area contributed by atoms with Gasteiger partial charge in [0, 0.05) is 11.8 Å². The highest BCUT2D eigenvalue weighted by molar-refractivity contribution is 6.08. The van der Waals surface area contributed by atoms with Gasteiger partial charge < -0.3 is 11.1 Å². The van der Waals surface area contributed by atoms with E-state index in [4.69, 9.17) is 11.0 Å². The molecule has 0 aliphatic rings. The van der Waals surface area contributed by atoms with Crippen LogP contribution >= 0.6 is 0 Å². The van der Waals surface area contributed by atoms with Crippen LogP contribution in [0, 0.1) is 21.4 Å². The number of nitriles is 1. The maximum absolute atomic E-state index is 12.2. The van der Waals surface area contributed by atoms with E-state index < -0.39 is 10.8 Å². The van der Waals surface area contributed by atoms with Crippen LogP contribution in [0.25, 0.3) is 0 Å². The van der Waals surface area contributed by atoms with Gasteiger partial charge in [-0.25, -0.2) is 0 Å². The minimum absolute atomic E-state index is 0.159. The van der Waals surface area contributed by atoms with E-state index in [1.807, 2.05) is 6.07 Å². The number of nitrogens with zero attached hydrogens (tertiary/aromatic N) is 2. The number of para-hydroxylation sites is 1. The van der Waals surface area contributed by atoms with Crippen molar-refractivity contribution >= 4 is 23.0 Å². The molecular formula is C14H10N4O3. The lowest BCUT2D eigenvalue weighted by Gasteiger charge is -2.07. The molecule has 7 nitrogen and oxygen atoms in total. The van der Waals surface area contributed by atoms with Gasteiger partial charge in [0.25, 0.3) is 11.6 Å². The molecule has 1 amide bonds. The maximum atomic E-state index is 12.2. The van der Waals surface area contributed by atoms with Crippen LogP contribution in [0.5, 0.6) is 0 Å². The maximum Gasteiger partial charge on any atom is 0.282 e. The third-order valence-electron chi connectivity index (χ3n) is 2.76. The fourth-order valence-corrected chi connectivity index (χ4v) is 1.77. The Morgan fingerprint density at radius 2 is 2.00 bits per heavy atom. The molecule has 104 valence electrons. The zero-order chi connectivity index (χ0) is 15.4. The normalized spacial score (nSPS) is 9.67. The van der Waals surface area contributed by atoms with Crippen molar-refractivity contribution in [2.75, 3.05) is 11.1 Å². The average Bonchev–Trinajstić information content (AvgIpc) is 2.47. The summed E-state index contributed by atoms with van der Waals surface area (Å²) < 4.78 is 0. The lowest BCUT2D eigenvalue weighted by atomic mass is 10.1. The van der Waals surface area contributed by atoms with Crippen LogP contribution < -0.4 is 11.1 Å². The largest absolute Gasteiger partial charge is 0.399 e. The number of amides is 1. The van der Waals surface area contributed by atoms with Crippen molar-refractivity contribution in [2.45, 2.75) is 0 Å². The molecule has 0 spiro atoms. The van der Waals surface area contributed by atoms with Gasteiger partial charge in [0.15, 0.2) is 0 Å². The Morgan fingerprint density at radius 3 is 2.67 bits per heavy atom. The fraction of sp³-hybridized carbons (Fsp3) is 0. The summed E-state index contributed by atoms with van der Waals surface area (Å²) >= 11 is 0. The lowest BCUT2D eigenvalue weighted by molar-refractivity contribution is -0.385. The second-order valence-corrected chi connectivity index (χ2v) is 4.15. The van der Waals surface area contributed by atoms with Crippen molar-refractivity contribution in [3.05, 3.63) is 63.7 Å². The van der Waals surface area contributed by atoms with Crippen molar-refractivity contribution in [3.8, 4) is 6.07 Å². The summed E-state index contributed by atoms with van der Waals surface area (Å²) in [6.45, 7) is 0.